The van der Waals surface area contributed by atoms with Crippen molar-refractivity contribution in [2.24, 2.45) is 17.8 Å². The molecule has 0 N–H and O–H groups in total. The molecule has 0 radical (unpaired) electrons. The molecule has 1 saturated carbocycles. The third kappa shape index (κ3) is 9.53. The Kier molecular flexibility index (Phi) is 12.3. The number of unbranched alkanes of at least 4 members (excludes halogenated alkanes) is 10. The lowest BCUT2D eigenvalue weighted by molar-refractivity contribution is -0.140. The molecule has 1 aromatic rings. The summed E-state index contributed by atoms with van der Waals surface area (Å²) in [6.45, 7) is 2.27. The quantitative estimate of drug-likeness (QED) is 0.173. The van der Waals surface area contributed by atoms with E-state index in [4.69, 9.17) is 0 Å². The van der Waals surface area contributed by atoms with Gasteiger partial charge in [-0.2, -0.15) is 13.2 Å². The Bertz CT molecular complexity index is 786. The minimum Gasteiger partial charge on any atom is -0.206 e. The summed E-state index contributed by atoms with van der Waals surface area (Å²) in [5.41, 5.74) is 0.434. The summed E-state index contributed by atoms with van der Waals surface area (Å²) in [5.74, 6) is 1.19. The summed E-state index contributed by atoms with van der Waals surface area (Å²) in [6, 6.07) is 3.38. The molecule has 1 fully saturated rings. The molecule has 1 atom stereocenters. The molecule has 0 bridgehead atoms. The van der Waals surface area contributed by atoms with Crippen molar-refractivity contribution in [3.63, 3.8) is 0 Å². The van der Waals surface area contributed by atoms with E-state index in [2.05, 4.69) is 13.0 Å². The molecule has 0 aliphatic heterocycles. The molecule has 0 heterocycles. The summed E-state index contributed by atoms with van der Waals surface area (Å²) in [7, 11) is 0. The second kappa shape index (κ2) is 15.2. The number of hydrogen-bond donors (Lipinski definition) is 0. The summed E-state index contributed by atoms with van der Waals surface area (Å²) in [4.78, 5) is 0. The van der Waals surface area contributed by atoms with Crippen molar-refractivity contribution < 1.29 is 17.6 Å². The normalized spacial score (nSPS) is 23.0. The Balaban J connectivity index is 1.28. The fraction of sp³-hybridized carbons (Fsp3) is 0.750. The Morgan fingerprint density at radius 2 is 1.36 bits per heavy atom. The second-order valence-corrected chi connectivity index (χ2v) is 11.6. The van der Waals surface area contributed by atoms with Gasteiger partial charge in [0.25, 0.3) is 0 Å². The van der Waals surface area contributed by atoms with Crippen LogP contribution in [0.3, 0.4) is 0 Å². The summed E-state index contributed by atoms with van der Waals surface area (Å²) >= 11 is 0. The molecule has 0 aromatic heterocycles. The number of halogens is 4. The topological polar surface area (TPSA) is 0 Å². The van der Waals surface area contributed by atoms with Gasteiger partial charge in [-0.3, -0.25) is 0 Å². The zero-order valence-electron chi connectivity index (χ0n) is 22.5. The van der Waals surface area contributed by atoms with Crippen LogP contribution in [-0.4, -0.2) is 0 Å². The van der Waals surface area contributed by atoms with Crippen LogP contribution in [0, 0.1) is 23.6 Å². The van der Waals surface area contributed by atoms with E-state index in [0.29, 0.717) is 11.5 Å². The Hall–Kier alpha value is -1.32. The number of allylic oxidation sites excluding steroid dienone is 2. The zero-order chi connectivity index (χ0) is 25.8. The van der Waals surface area contributed by atoms with E-state index in [1.54, 1.807) is 0 Å². The SMILES string of the molecule is CCCCCCCCCCCCCC1CCC(C2CC=C(c3ccc(C(F)(F)F)c(F)c3)CC2)CC1. The van der Waals surface area contributed by atoms with E-state index >= 15 is 0 Å². The van der Waals surface area contributed by atoms with Crippen molar-refractivity contribution in [3.05, 3.63) is 41.2 Å². The first-order chi connectivity index (χ1) is 17.4. The molecule has 4 heteroatoms. The predicted octanol–water partition coefficient (Wildman–Crippen LogP) is 11.5. The van der Waals surface area contributed by atoms with E-state index in [-0.39, 0.29) is 0 Å². The van der Waals surface area contributed by atoms with Gasteiger partial charge in [0.1, 0.15) is 5.82 Å². The smallest absolute Gasteiger partial charge is 0.206 e. The van der Waals surface area contributed by atoms with Crippen LogP contribution in [-0.2, 0) is 6.18 Å². The van der Waals surface area contributed by atoms with E-state index in [1.807, 2.05) is 0 Å². The van der Waals surface area contributed by atoms with Crippen LogP contribution in [0.2, 0.25) is 0 Å². The number of alkyl halides is 3. The maximum absolute atomic E-state index is 14.0. The monoisotopic (exact) mass is 508 g/mol. The van der Waals surface area contributed by atoms with Crippen LogP contribution in [0.1, 0.15) is 140 Å². The molecule has 0 spiro atoms. The van der Waals surface area contributed by atoms with Crippen molar-refractivity contribution in [2.45, 2.75) is 135 Å². The molecule has 0 amide bonds. The van der Waals surface area contributed by atoms with Gasteiger partial charge in [0, 0.05) is 0 Å². The Morgan fingerprint density at radius 3 is 1.89 bits per heavy atom. The first kappa shape index (κ1) is 29.2. The Morgan fingerprint density at radius 1 is 0.750 bits per heavy atom. The van der Waals surface area contributed by atoms with Gasteiger partial charge < -0.3 is 0 Å². The van der Waals surface area contributed by atoms with Crippen LogP contribution in [0.5, 0.6) is 0 Å². The van der Waals surface area contributed by atoms with Gasteiger partial charge in [0.05, 0.1) is 5.56 Å². The maximum atomic E-state index is 14.0. The predicted molar refractivity (Wildman–Crippen MR) is 143 cm³/mol. The van der Waals surface area contributed by atoms with Crippen LogP contribution < -0.4 is 0 Å². The minimum absolute atomic E-state index is 0.606. The van der Waals surface area contributed by atoms with E-state index in [0.717, 1.165) is 48.8 Å². The fourth-order valence-corrected chi connectivity index (χ4v) is 6.54. The fourth-order valence-electron chi connectivity index (χ4n) is 6.54. The zero-order valence-corrected chi connectivity index (χ0v) is 22.5. The lowest BCUT2D eigenvalue weighted by atomic mass is 9.70. The molecule has 3 rings (SSSR count). The van der Waals surface area contributed by atoms with Crippen molar-refractivity contribution >= 4 is 5.57 Å². The number of rotatable bonds is 14. The molecule has 36 heavy (non-hydrogen) atoms. The highest BCUT2D eigenvalue weighted by Gasteiger charge is 2.34. The van der Waals surface area contributed by atoms with Crippen molar-refractivity contribution in [2.75, 3.05) is 0 Å². The first-order valence-corrected chi connectivity index (χ1v) is 14.9. The number of hydrogen-bond acceptors (Lipinski definition) is 0. The molecular weight excluding hydrogens is 460 g/mol. The van der Waals surface area contributed by atoms with Gasteiger partial charge >= 0.3 is 6.18 Å². The van der Waals surface area contributed by atoms with E-state index < -0.39 is 17.6 Å². The van der Waals surface area contributed by atoms with Crippen LogP contribution >= 0.6 is 0 Å². The molecule has 2 aliphatic carbocycles. The second-order valence-electron chi connectivity index (χ2n) is 11.6. The minimum atomic E-state index is -4.64. The maximum Gasteiger partial charge on any atom is 0.419 e. The van der Waals surface area contributed by atoms with Gasteiger partial charge in [0.15, 0.2) is 0 Å². The largest absolute Gasteiger partial charge is 0.419 e. The summed E-state index contributed by atoms with van der Waals surface area (Å²) < 4.78 is 52.5. The average Bonchev–Trinajstić information content (AvgIpc) is 2.87. The molecule has 204 valence electrons. The molecule has 1 aromatic carbocycles. The van der Waals surface area contributed by atoms with Gasteiger partial charge in [-0.15, -0.1) is 0 Å². The third-order valence-electron chi connectivity index (χ3n) is 8.87. The van der Waals surface area contributed by atoms with Crippen LogP contribution in [0.15, 0.2) is 24.3 Å². The summed E-state index contributed by atoms with van der Waals surface area (Å²) in [5, 5.41) is 0. The highest BCUT2D eigenvalue weighted by molar-refractivity contribution is 5.66. The molecule has 0 saturated heterocycles. The lowest BCUT2D eigenvalue weighted by Gasteiger charge is -2.35. The van der Waals surface area contributed by atoms with Gasteiger partial charge in [0.2, 0.25) is 0 Å². The molecule has 2 aliphatic rings. The van der Waals surface area contributed by atoms with Crippen molar-refractivity contribution in [1.29, 1.82) is 0 Å². The van der Waals surface area contributed by atoms with Gasteiger partial charge in [-0.25, -0.2) is 4.39 Å². The molecule has 0 nitrogen and oxygen atoms in total. The van der Waals surface area contributed by atoms with Crippen molar-refractivity contribution in [3.8, 4) is 0 Å². The number of benzene rings is 1. The van der Waals surface area contributed by atoms with Crippen LogP contribution in [0.25, 0.3) is 5.57 Å². The van der Waals surface area contributed by atoms with Gasteiger partial charge in [-0.05, 0) is 73.1 Å². The lowest BCUT2D eigenvalue weighted by Crippen LogP contribution is -2.23. The standard InChI is InChI=1S/C32H48F4/c1-2-3-4-5-6-7-8-9-10-11-12-13-25-14-16-26(17-15-25)27-18-20-28(21-19-27)29-22-23-30(31(33)24-29)32(34,35)36/h20,22-27H,2-19,21H2,1H3. The van der Waals surface area contributed by atoms with Gasteiger partial charge in [-0.1, -0.05) is 109 Å². The highest BCUT2D eigenvalue weighted by Crippen LogP contribution is 2.42. The third-order valence-corrected chi connectivity index (χ3v) is 8.87. The Labute approximate surface area is 217 Å². The molecule has 1 unspecified atom stereocenters. The average molecular weight is 509 g/mol. The van der Waals surface area contributed by atoms with E-state index in [9.17, 15) is 17.6 Å². The summed E-state index contributed by atoms with van der Waals surface area (Å²) in [6.07, 6.45) is 22.6. The first-order valence-electron chi connectivity index (χ1n) is 14.9. The van der Waals surface area contributed by atoms with Crippen LogP contribution in [0.4, 0.5) is 17.6 Å². The molecular formula is C32H48F4. The highest BCUT2D eigenvalue weighted by atomic mass is 19.4. The van der Waals surface area contributed by atoms with E-state index in [1.165, 1.54) is 109 Å². The van der Waals surface area contributed by atoms with Crippen molar-refractivity contribution in [1.82, 2.24) is 0 Å².